The molecule has 1 fully saturated rings. The van der Waals surface area contributed by atoms with Crippen LogP contribution in [0.25, 0.3) is 0 Å². The zero-order valence-corrected chi connectivity index (χ0v) is 24.1. The van der Waals surface area contributed by atoms with Crippen LogP contribution in [0.1, 0.15) is 75.8 Å². The van der Waals surface area contributed by atoms with E-state index in [0.717, 1.165) is 0 Å². The van der Waals surface area contributed by atoms with Crippen molar-refractivity contribution in [2.24, 2.45) is 0 Å². The molecule has 226 valence electrons. The fourth-order valence-corrected chi connectivity index (χ4v) is 6.38. The van der Waals surface area contributed by atoms with Crippen LogP contribution in [0.4, 0.5) is 0 Å². The molecule has 1 heterocycles. The van der Waals surface area contributed by atoms with Crippen molar-refractivity contribution in [3.05, 3.63) is 51.6 Å². The van der Waals surface area contributed by atoms with Crippen LogP contribution in [-0.2, 0) is 20.7 Å². The first-order valence-electron chi connectivity index (χ1n) is 13.5. The number of methoxy groups -OCH3 is 1. The van der Waals surface area contributed by atoms with Gasteiger partial charge in [0.15, 0.2) is 17.9 Å². The summed E-state index contributed by atoms with van der Waals surface area (Å²) in [5.74, 6) is -3.74. The van der Waals surface area contributed by atoms with E-state index in [4.69, 9.17) is 14.2 Å². The maximum atomic E-state index is 13.7. The van der Waals surface area contributed by atoms with Crippen LogP contribution in [0.2, 0.25) is 0 Å². The molecule has 0 bridgehead atoms. The minimum atomic E-state index is -2.25. The monoisotopic (exact) mass is 603 g/mol. The standard InChI is InChI=1S/C29H33NO11S/c1-11-24(33)15(30-12(2)42)7-19(40-11)41-17-9-29(38,18(32)10-31)8-14-21(17)28(37)23-22(26(14)35)25(34)13-5-4-6-16(39-3)20(13)27(23)36/h4-6,11-12,15,17,19,24,30-31,33,35,37-38,42H,7-10H2,1-3H3/t11-,12?,15-,17-,19-,24-,29-/m0/s1. The number of phenolic OH excluding ortho intramolecular Hbond substituents is 2. The molecule has 1 aliphatic heterocycles. The Bertz CT molecular complexity index is 1460. The normalized spacial score (nSPS) is 29.4. The fraction of sp³-hybridized carbons (Fsp3) is 0.483. The van der Waals surface area contributed by atoms with Crippen molar-refractivity contribution in [2.45, 2.75) is 74.7 Å². The summed E-state index contributed by atoms with van der Waals surface area (Å²) < 4.78 is 17.3. The first-order chi connectivity index (χ1) is 19.8. The van der Waals surface area contributed by atoms with Crippen LogP contribution in [0.15, 0.2) is 18.2 Å². The minimum Gasteiger partial charge on any atom is -0.507 e. The molecule has 0 spiro atoms. The molecule has 13 heteroatoms. The largest absolute Gasteiger partial charge is 0.507 e. The van der Waals surface area contributed by atoms with Crippen LogP contribution in [0.3, 0.4) is 0 Å². The van der Waals surface area contributed by atoms with Gasteiger partial charge in [0.1, 0.15) is 29.5 Å². The summed E-state index contributed by atoms with van der Waals surface area (Å²) in [5.41, 5.74) is -3.60. The summed E-state index contributed by atoms with van der Waals surface area (Å²) in [6.07, 6.45) is -4.92. The number of carbonyl (C=O) groups excluding carboxylic acids is 3. The van der Waals surface area contributed by atoms with Gasteiger partial charge in [-0.25, -0.2) is 0 Å². The van der Waals surface area contributed by atoms with Gasteiger partial charge >= 0.3 is 0 Å². The number of thiol groups is 1. The van der Waals surface area contributed by atoms with Crippen molar-refractivity contribution >= 4 is 30.0 Å². The number of hydrogen-bond acceptors (Lipinski definition) is 13. The number of carbonyl (C=O) groups is 3. The Kier molecular flexibility index (Phi) is 8.13. The van der Waals surface area contributed by atoms with Gasteiger partial charge in [-0.3, -0.25) is 14.4 Å². The Morgan fingerprint density at radius 1 is 1.19 bits per heavy atom. The number of fused-ring (bicyclic) bond motifs is 3. The Balaban J connectivity index is 1.65. The smallest absolute Gasteiger partial charge is 0.202 e. The van der Waals surface area contributed by atoms with Gasteiger partial charge in [-0.1, -0.05) is 12.1 Å². The SMILES string of the molecule is COc1cccc2c1C(=O)c1c(O)c3c(c(O)c1C2=O)C[C@@](O)(C(=O)CO)C[C@@H]3O[C@H]1C[C@H](NC(C)S)[C@@H](O)[C@H](C)O1. The molecule has 2 aromatic carbocycles. The van der Waals surface area contributed by atoms with Gasteiger partial charge in [0.05, 0.1) is 42.1 Å². The van der Waals surface area contributed by atoms with E-state index in [9.17, 15) is 39.9 Å². The first-order valence-corrected chi connectivity index (χ1v) is 14.0. The summed E-state index contributed by atoms with van der Waals surface area (Å²) in [6.45, 7) is 2.39. The third kappa shape index (κ3) is 4.88. The molecule has 7 atom stereocenters. The van der Waals surface area contributed by atoms with Gasteiger partial charge in [0, 0.05) is 47.4 Å². The zero-order valence-electron chi connectivity index (χ0n) is 23.2. The quantitative estimate of drug-likeness (QED) is 0.115. The van der Waals surface area contributed by atoms with E-state index in [1.54, 1.807) is 13.8 Å². The number of Topliss-reactive ketones (excluding diaryl/α,β-unsaturated/α-hetero) is 1. The maximum absolute atomic E-state index is 13.7. The number of aromatic hydroxyl groups is 2. The summed E-state index contributed by atoms with van der Waals surface area (Å²) in [5, 5.41) is 57.4. The Morgan fingerprint density at radius 3 is 2.52 bits per heavy atom. The molecule has 42 heavy (non-hydrogen) atoms. The molecule has 0 radical (unpaired) electrons. The lowest BCUT2D eigenvalue weighted by atomic mass is 9.72. The summed E-state index contributed by atoms with van der Waals surface area (Å²) in [4.78, 5) is 40.1. The summed E-state index contributed by atoms with van der Waals surface area (Å²) >= 11 is 4.33. The summed E-state index contributed by atoms with van der Waals surface area (Å²) in [6, 6.07) is 3.87. The highest BCUT2D eigenvalue weighted by Crippen LogP contribution is 2.52. The molecule has 6 N–H and O–H groups in total. The number of nitrogens with one attached hydrogen (secondary N) is 1. The van der Waals surface area contributed by atoms with Gasteiger partial charge < -0.3 is 45.1 Å². The predicted octanol–water partition coefficient (Wildman–Crippen LogP) is 0.908. The van der Waals surface area contributed by atoms with Crippen LogP contribution in [0, 0.1) is 0 Å². The lowest BCUT2D eigenvalue weighted by Gasteiger charge is -2.43. The topological polar surface area (TPSA) is 192 Å². The number of aliphatic hydroxyl groups is 3. The highest BCUT2D eigenvalue weighted by molar-refractivity contribution is 7.80. The number of hydrogen-bond donors (Lipinski definition) is 7. The Morgan fingerprint density at radius 2 is 1.88 bits per heavy atom. The van der Waals surface area contributed by atoms with Crippen LogP contribution in [0.5, 0.6) is 17.2 Å². The Labute approximate surface area is 246 Å². The molecule has 1 unspecified atom stereocenters. The zero-order chi connectivity index (χ0) is 30.7. The third-order valence-electron chi connectivity index (χ3n) is 8.22. The van der Waals surface area contributed by atoms with Crippen molar-refractivity contribution in [1.82, 2.24) is 5.32 Å². The predicted molar refractivity (Wildman–Crippen MR) is 149 cm³/mol. The van der Waals surface area contributed by atoms with Crippen molar-refractivity contribution in [2.75, 3.05) is 13.7 Å². The second kappa shape index (κ2) is 11.2. The molecule has 2 aliphatic carbocycles. The molecule has 0 aromatic heterocycles. The number of phenols is 2. The second-order valence-corrected chi connectivity index (χ2v) is 11.7. The lowest BCUT2D eigenvalue weighted by Crippen LogP contribution is -2.55. The van der Waals surface area contributed by atoms with Crippen molar-refractivity contribution in [3.63, 3.8) is 0 Å². The average Bonchev–Trinajstić information content (AvgIpc) is 2.94. The van der Waals surface area contributed by atoms with Crippen molar-refractivity contribution in [3.8, 4) is 17.2 Å². The van der Waals surface area contributed by atoms with E-state index in [-0.39, 0.29) is 39.8 Å². The molecule has 0 amide bonds. The van der Waals surface area contributed by atoms with Gasteiger partial charge in [0.2, 0.25) is 5.78 Å². The molecule has 2 aromatic rings. The Hall–Kier alpha value is -3.04. The van der Waals surface area contributed by atoms with Crippen LogP contribution in [-0.4, -0.2) is 92.1 Å². The van der Waals surface area contributed by atoms with Crippen molar-refractivity contribution < 1.29 is 54.1 Å². The molecule has 1 saturated heterocycles. The highest BCUT2D eigenvalue weighted by Gasteiger charge is 2.50. The second-order valence-electron chi connectivity index (χ2n) is 10.9. The van der Waals surface area contributed by atoms with Crippen LogP contribution < -0.4 is 10.1 Å². The van der Waals surface area contributed by atoms with E-state index >= 15 is 0 Å². The van der Waals surface area contributed by atoms with E-state index < -0.39 is 95.7 Å². The molecule has 12 nitrogen and oxygen atoms in total. The fourth-order valence-electron chi connectivity index (χ4n) is 6.19. The van der Waals surface area contributed by atoms with E-state index in [2.05, 4.69) is 17.9 Å². The lowest BCUT2D eigenvalue weighted by molar-refractivity contribution is -0.250. The molecule has 3 aliphatic rings. The minimum absolute atomic E-state index is 0.0492. The molecule has 5 rings (SSSR count). The average molecular weight is 604 g/mol. The van der Waals surface area contributed by atoms with E-state index in [1.165, 1.54) is 25.3 Å². The number of benzene rings is 2. The van der Waals surface area contributed by atoms with Gasteiger partial charge in [0.25, 0.3) is 0 Å². The molecule has 0 saturated carbocycles. The number of ketones is 3. The highest BCUT2D eigenvalue weighted by atomic mass is 32.1. The van der Waals surface area contributed by atoms with E-state index in [1.807, 2.05) is 0 Å². The number of aliphatic hydroxyl groups excluding tert-OH is 2. The van der Waals surface area contributed by atoms with Crippen molar-refractivity contribution in [1.29, 1.82) is 0 Å². The first kappa shape index (κ1) is 30.4. The van der Waals surface area contributed by atoms with Gasteiger partial charge in [-0.2, -0.15) is 12.6 Å². The number of rotatable bonds is 7. The van der Waals surface area contributed by atoms with Gasteiger partial charge in [-0.05, 0) is 19.9 Å². The summed E-state index contributed by atoms with van der Waals surface area (Å²) in [7, 11) is 1.33. The molecular weight excluding hydrogens is 570 g/mol. The maximum Gasteiger partial charge on any atom is 0.202 e. The number of ether oxygens (including phenoxy) is 3. The van der Waals surface area contributed by atoms with E-state index in [0.29, 0.717) is 0 Å². The molecular formula is C29H33NO11S. The third-order valence-corrected chi connectivity index (χ3v) is 8.36. The van der Waals surface area contributed by atoms with Crippen LogP contribution >= 0.6 is 12.6 Å². The van der Waals surface area contributed by atoms with Gasteiger partial charge in [-0.15, -0.1) is 0 Å².